The van der Waals surface area contributed by atoms with Crippen LogP contribution in [0.1, 0.15) is 10.4 Å². The number of fused-ring (bicyclic) bond motifs is 1. The lowest BCUT2D eigenvalue weighted by Gasteiger charge is -2.29. The molecule has 1 aliphatic rings. The molecule has 2 aromatic carbocycles. The molecule has 1 amide bonds. The zero-order chi connectivity index (χ0) is 19.5. The summed E-state index contributed by atoms with van der Waals surface area (Å²) in [5.41, 5.74) is 1.47. The number of amides is 1. The van der Waals surface area contributed by atoms with E-state index in [2.05, 4.69) is 20.8 Å². The molecule has 3 aromatic rings. The molecule has 2 heterocycles. The summed E-state index contributed by atoms with van der Waals surface area (Å²) in [7, 11) is 0. The summed E-state index contributed by atoms with van der Waals surface area (Å²) in [6.07, 6.45) is 0. The smallest absolute Gasteiger partial charge is 0.261 e. The predicted molar refractivity (Wildman–Crippen MR) is 118 cm³/mol. The molecule has 4 rings (SSSR count). The highest BCUT2D eigenvalue weighted by Gasteiger charge is 2.24. The molecule has 0 bridgehead atoms. The van der Waals surface area contributed by atoms with Gasteiger partial charge in [0.15, 0.2) is 5.13 Å². The quantitative estimate of drug-likeness (QED) is 0.531. The van der Waals surface area contributed by atoms with Crippen molar-refractivity contribution in [3.8, 4) is 0 Å². The molecule has 28 heavy (non-hydrogen) atoms. The molecule has 8 heteroatoms. The van der Waals surface area contributed by atoms with Crippen LogP contribution in [0.2, 0.25) is 5.02 Å². The average molecular weight is 481 g/mol. The van der Waals surface area contributed by atoms with E-state index in [9.17, 15) is 4.79 Å². The third kappa shape index (κ3) is 4.39. The van der Waals surface area contributed by atoms with Crippen LogP contribution in [0.3, 0.4) is 0 Å². The van der Waals surface area contributed by atoms with Crippen LogP contribution in [0, 0.1) is 0 Å². The molecule has 1 aliphatic heterocycles. The molecule has 146 valence electrons. The molecule has 0 saturated carbocycles. The van der Waals surface area contributed by atoms with Crippen LogP contribution in [-0.4, -0.2) is 55.2 Å². The fraction of sp³-hybridized carbons (Fsp3) is 0.300. The molecule has 0 unspecified atom stereocenters. The van der Waals surface area contributed by atoms with E-state index in [4.69, 9.17) is 21.3 Å². The van der Waals surface area contributed by atoms with Gasteiger partial charge in [0.1, 0.15) is 0 Å². The number of halogens is 2. The third-order valence-electron chi connectivity index (χ3n) is 4.66. The number of carbonyl (C=O) groups is 1. The largest absolute Gasteiger partial charge is 0.379 e. The molecule has 0 N–H and O–H groups in total. The van der Waals surface area contributed by atoms with Crippen molar-refractivity contribution in [2.75, 3.05) is 44.3 Å². The van der Waals surface area contributed by atoms with Crippen LogP contribution in [-0.2, 0) is 4.74 Å². The van der Waals surface area contributed by atoms with Gasteiger partial charge in [-0.15, -0.1) is 0 Å². The van der Waals surface area contributed by atoms with Crippen molar-refractivity contribution in [3.05, 3.63) is 57.5 Å². The van der Waals surface area contributed by atoms with Crippen molar-refractivity contribution in [1.82, 2.24) is 9.88 Å². The Morgan fingerprint density at radius 1 is 1.25 bits per heavy atom. The van der Waals surface area contributed by atoms with Crippen LogP contribution in [0.4, 0.5) is 5.13 Å². The molecular formula is C20H19BrClN3O2S. The topological polar surface area (TPSA) is 45.7 Å². The molecule has 1 fully saturated rings. The summed E-state index contributed by atoms with van der Waals surface area (Å²) in [5.74, 6) is -0.0640. The van der Waals surface area contributed by atoms with Crippen LogP contribution in [0.5, 0.6) is 0 Å². The van der Waals surface area contributed by atoms with Gasteiger partial charge < -0.3 is 4.74 Å². The third-order valence-corrected chi connectivity index (χ3v) is 6.63. The summed E-state index contributed by atoms with van der Waals surface area (Å²) in [4.78, 5) is 22.2. The van der Waals surface area contributed by atoms with Crippen molar-refractivity contribution in [3.63, 3.8) is 0 Å². The first-order chi connectivity index (χ1) is 13.6. The fourth-order valence-electron chi connectivity index (χ4n) is 3.13. The van der Waals surface area contributed by atoms with Crippen molar-refractivity contribution in [2.24, 2.45) is 0 Å². The summed E-state index contributed by atoms with van der Waals surface area (Å²) in [6.45, 7) is 4.57. The van der Waals surface area contributed by atoms with Gasteiger partial charge in [-0.1, -0.05) is 35.1 Å². The summed E-state index contributed by atoms with van der Waals surface area (Å²) >= 11 is 11.1. The van der Waals surface area contributed by atoms with Gasteiger partial charge in [-0.3, -0.25) is 14.6 Å². The minimum Gasteiger partial charge on any atom is -0.379 e. The Hall–Kier alpha value is -1.51. The first kappa shape index (κ1) is 19.8. The zero-order valence-electron chi connectivity index (χ0n) is 15.1. The van der Waals surface area contributed by atoms with Crippen LogP contribution < -0.4 is 4.90 Å². The van der Waals surface area contributed by atoms with Gasteiger partial charge in [0, 0.05) is 35.7 Å². The van der Waals surface area contributed by atoms with E-state index in [-0.39, 0.29) is 5.91 Å². The van der Waals surface area contributed by atoms with Gasteiger partial charge in [-0.25, -0.2) is 4.98 Å². The number of aromatic nitrogens is 1. The Bertz CT molecular complexity index is 990. The van der Waals surface area contributed by atoms with E-state index >= 15 is 0 Å². The lowest BCUT2D eigenvalue weighted by atomic mass is 10.2. The molecule has 0 radical (unpaired) electrons. The highest BCUT2D eigenvalue weighted by molar-refractivity contribution is 9.10. The first-order valence-electron chi connectivity index (χ1n) is 9.04. The van der Waals surface area contributed by atoms with E-state index in [1.54, 1.807) is 4.90 Å². The SMILES string of the molecule is O=C(c1ccccc1Br)N(CCN1CCOCC1)c1nc2ccc(Cl)cc2s1. The number of hydrogen-bond acceptors (Lipinski definition) is 5. The van der Waals surface area contributed by atoms with Gasteiger partial charge in [-0.05, 0) is 46.3 Å². The number of ether oxygens (including phenoxy) is 1. The number of anilines is 1. The second-order valence-electron chi connectivity index (χ2n) is 6.50. The monoisotopic (exact) mass is 479 g/mol. The molecule has 1 aromatic heterocycles. The number of carbonyl (C=O) groups excluding carboxylic acids is 1. The van der Waals surface area contributed by atoms with Crippen molar-refractivity contribution in [1.29, 1.82) is 0 Å². The van der Waals surface area contributed by atoms with Crippen molar-refractivity contribution in [2.45, 2.75) is 0 Å². The second-order valence-corrected chi connectivity index (χ2v) is 8.80. The van der Waals surface area contributed by atoms with Crippen LogP contribution >= 0.6 is 38.9 Å². The summed E-state index contributed by atoms with van der Waals surface area (Å²) < 4.78 is 7.17. The molecule has 1 saturated heterocycles. The van der Waals surface area contributed by atoms with Gasteiger partial charge in [-0.2, -0.15) is 0 Å². The number of hydrogen-bond donors (Lipinski definition) is 0. The highest BCUT2D eigenvalue weighted by Crippen LogP contribution is 2.32. The number of nitrogens with zero attached hydrogens (tertiary/aromatic N) is 3. The van der Waals surface area contributed by atoms with E-state index in [1.165, 1.54) is 11.3 Å². The van der Waals surface area contributed by atoms with Gasteiger partial charge >= 0.3 is 0 Å². The number of rotatable bonds is 5. The Morgan fingerprint density at radius 3 is 2.82 bits per heavy atom. The molecule has 0 atom stereocenters. The Kier molecular flexibility index (Phi) is 6.28. The summed E-state index contributed by atoms with van der Waals surface area (Å²) in [5, 5.41) is 1.35. The predicted octanol–water partition coefficient (Wildman–Crippen LogP) is 4.69. The number of morpholine rings is 1. The number of benzene rings is 2. The van der Waals surface area contributed by atoms with Crippen LogP contribution in [0.25, 0.3) is 10.2 Å². The maximum absolute atomic E-state index is 13.4. The normalized spacial score (nSPS) is 15.1. The zero-order valence-corrected chi connectivity index (χ0v) is 18.3. The number of thiazole rings is 1. The molecule has 0 aliphatic carbocycles. The molecular weight excluding hydrogens is 462 g/mol. The molecule has 0 spiro atoms. The van der Waals surface area contributed by atoms with Crippen LogP contribution in [0.15, 0.2) is 46.9 Å². The van der Waals surface area contributed by atoms with Gasteiger partial charge in [0.05, 0.1) is 29.0 Å². The highest BCUT2D eigenvalue weighted by atomic mass is 79.9. The Balaban J connectivity index is 1.65. The minimum atomic E-state index is -0.0640. The van der Waals surface area contributed by atoms with Gasteiger partial charge in [0.2, 0.25) is 0 Å². The van der Waals surface area contributed by atoms with E-state index in [0.717, 1.165) is 47.5 Å². The minimum absolute atomic E-state index is 0.0640. The average Bonchev–Trinajstić information content (AvgIpc) is 3.12. The lowest BCUT2D eigenvalue weighted by molar-refractivity contribution is 0.0391. The summed E-state index contributed by atoms with van der Waals surface area (Å²) in [6, 6.07) is 13.1. The second kappa shape index (κ2) is 8.88. The maximum Gasteiger partial charge on any atom is 0.261 e. The Morgan fingerprint density at radius 2 is 2.04 bits per heavy atom. The van der Waals surface area contributed by atoms with Gasteiger partial charge in [0.25, 0.3) is 5.91 Å². The maximum atomic E-state index is 13.4. The lowest BCUT2D eigenvalue weighted by Crippen LogP contribution is -2.43. The molecule has 5 nitrogen and oxygen atoms in total. The standard InChI is InChI=1S/C20H19BrClN3O2S/c21-16-4-2-1-3-15(16)19(26)25(8-7-24-9-11-27-12-10-24)20-23-17-6-5-14(22)13-18(17)28-20/h1-6,13H,7-12H2. The van der Waals surface area contributed by atoms with Crippen molar-refractivity contribution < 1.29 is 9.53 Å². The van der Waals surface area contributed by atoms with E-state index in [1.807, 2.05) is 42.5 Å². The van der Waals surface area contributed by atoms with E-state index in [0.29, 0.717) is 22.3 Å². The Labute approximate surface area is 181 Å². The van der Waals surface area contributed by atoms with Crippen molar-refractivity contribution >= 4 is 60.1 Å². The van der Waals surface area contributed by atoms with E-state index < -0.39 is 0 Å². The first-order valence-corrected chi connectivity index (χ1v) is 11.0. The fourth-order valence-corrected chi connectivity index (χ4v) is 4.85.